The van der Waals surface area contributed by atoms with Gasteiger partial charge in [0.15, 0.2) is 0 Å². The number of hydrogen-bond acceptors (Lipinski definition) is 6. The molecule has 29 heavy (non-hydrogen) atoms. The van der Waals surface area contributed by atoms with E-state index in [0.717, 1.165) is 11.1 Å². The standard InChI is InChI=1S/C22H19NO5S/c1-3-28-22(27)18-17(14-10-8-13(2)9-11-14)12-29-20(18)23-19(24)15-6-4-5-7-16(15)21(25)26/h4-12H,3H2,1-2H3,(H,23,24)(H,25,26)/p-1. The summed E-state index contributed by atoms with van der Waals surface area (Å²) < 4.78 is 5.17. The zero-order valence-electron chi connectivity index (χ0n) is 15.9. The van der Waals surface area contributed by atoms with Crippen molar-refractivity contribution in [1.82, 2.24) is 0 Å². The van der Waals surface area contributed by atoms with Crippen LogP contribution in [0, 0.1) is 6.92 Å². The maximum Gasteiger partial charge on any atom is 0.341 e. The van der Waals surface area contributed by atoms with Gasteiger partial charge in [0, 0.05) is 22.1 Å². The van der Waals surface area contributed by atoms with Crippen molar-refractivity contribution in [3.05, 3.63) is 76.2 Å². The summed E-state index contributed by atoms with van der Waals surface area (Å²) >= 11 is 1.17. The Labute approximate surface area is 171 Å². The van der Waals surface area contributed by atoms with Gasteiger partial charge in [0.05, 0.1) is 12.6 Å². The zero-order valence-corrected chi connectivity index (χ0v) is 16.7. The summed E-state index contributed by atoms with van der Waals surface area (Å²) in [4.78, 5) is 36.6. The van der Waals surface area contributed by atoms with Crippen LogP contribution in [0.1, 0.15) is 43.6 Å². The zero-order chi connectivity index (χ0) is 21.0. The number of anilines is 1. The van der Waals surface area contributed by atoms with Crippen molar-refractivity contribution < 1.29 is 24.2 Å². The highest BCUT2D eigenvalue weighted by atomic mass is 32.1. The number of carbonyl (C=O) groups excluding carboxylic acids is 3. The Balaban J connectivity index is 2.01. The van der Waals surface area contributed by atoms with Gasteiger partial charge >= 0.3 is 5.97 Å². The molecule has 1 aromatic heterocycles. The lowest BCUT2D eigenvalue weighted by Gasteiger charge is -2.12. The third-order valence-electron chi connectivity index (χ3n) is 4.25. The molecule has 0 saturated carbocycles. The van der Waals surface area contributed by atoms with Gasteiger partial charge in [0.2, 0.25) is 0 Å². The minimum atomic E-state index is -1.45. The number of rotatable bonds is 6. The van der Waals surface area contributed by atoms with Crippen molar-refractivity contribution in [3.8, 4) is 11.1 Å². The van der Waals surface area contributed by atoms with E-state index in [-0.39, 0.29) is 28.3 Å². The molecule has 3 aromatic rings. The van der Waals surface area contributed by atoms with Gasteiger partial charge in [-0.2, -0.15) is 0 Å². The van der Waals surface area contributed by atoms with Crippen LogP contribution in [0.2, 0.25) is 0 Å². The second-order valence-electron chi connectivity index (χ2n) is 6.23. The Hall–Kier alpha value is -3.45. The topological polar surface area (TPSA) is 95.5 Å². The molecule has 6 nitrogen and oxygen atoms in total. The number of benzene rings is 2. The van der Waals surface area contributed by atoms with Crippen molar-refractivity contribution in [2.45, 2.75) is 13.8 Å². The molecular weight excluding hydrogens is 390 g/mol. The van der Waals surface area contributed by atoms with Crippen molar-refractivity contribution in [3.63, 3.8) is 0 Å². The number of aromatic carboxylic acids is 1. The first-order chi connectivity index (χ1) is 13.9. The molecule has 0 fully saturated rings. The Morgan fingerprint density at radius 3 is 2.31 bits per heavy atom. The number of carboxylic acids is 1. The summed E-state index contributed by atoms with van der Waals surface area (Å²) in [6.45, 7) is 3.84. The predicted molar refractivity (Wildman–Crippen MR) is 109 cm³/mol. The van der Waals surface area contributed by atoms with Crippen molar-refractivity contribution in [2.75, 3.05) is 11.9 Å². The molecule has 0 unspecified atom stereocenters. The second kappa shape index (κ2) is 8.70. The lowest BCUT2D eigenvalue weighted by molar-refractivity contribution is -0.255. The third kappa shape index (κ3) is 4.35. The first-order valence-corrected chi connectivity index (χ1v) is 9.77. The van der Waals surface area contributed by atoms with Crippen LogP contribution in [0.25, 0.3) is 11.1 Å². The fraction of sp³-hybridized carbons (Fsp3) is 0.136. The van der Waals surface area contributed by atoms with Gasteiger partial charge < -0.3 is 20.0 Å². The molecule has 0 aliphatic carbocycles. The number of ether oxygens (including phenoxy) is 1. The summed E-state index contributed by atoms with van der Waals surface area (Å²) in [5.74, 6) is -2.66. The highest BCUT2D eigenvalue weighted by molar-refractivity contribution is 7.15. The number of nitrogens with one attached hydrogen (secondary N) is 1. The first kappa shape index (κ1) is 20.3. The van der Waals surface area contributed by atoms with Gasteiger partial charge in [0.25, 0.3) is 5.91 Å². The summed E-state index contributed by atoms with van der Waals surface area (Å²) in [7, 11) is 0. The largest absolute Gasteiger partial charge is 0.545 e. The summed E-state index contributed by atoms with van der Waals surface area (Å²) in [5, 5.41) is 16.0. The average molecular weight is 408 g/mol. The smallest absolute Gasteiger partial charge is 0.341 e. The third-order valence-corrected chi connectivity index (χ3v) is 5.15. The number of carbonyl (C=O) groups is 3. The molecule has 0 bridgehead atoms. The lowest BCUT2D eigenvalue weighted by atomic mass is 10.0. The first-order valence-electron chi connectivity index (χ1n) is 8.89. The van der Waals surface area contributed by atoms with Crippen LogP contribution in [0.3, 0.4) is 0 Å². The van der Waals surface area contributed by atoms with Gasteiger partial charge in [-0.05, 0) is 25.5 Å². The van der Waals surface area contributed by atoms with Gasteiger partial charge in [-0.1, -0.05) is 48.0 Å². The molecule has 0 spiro atoms. The van der Waals surface area contributed by atoms with E-state index in [9.17, 15) is 19.5 Å². The van der Waals surface area contributed by atoms with Crippen LogP contribution in [0.15, 0.2) is 53.9 Å². The Morgan fingerprint density at radius 1 is 1.03 bits per heavy atom. The molecular formula is C22H18NO5S-. The predicted octanol–water partition coefficient (Wildman–Crippen LogP) is 3.52. The van der Waals surface area contributed by atoms with E-state index in [1.165, 1.54) is 29.5 Å². The average Bonchev–Trinajstić information content (AvgIpc) is 3.12. The molecule has 148 valence electrons. The van der Waals surface area contributed by atoms with Gasteiger partial charge in [-0.3, -0.25) is 4.79 Å². The number of aryl methyl sites for hydroxylation is 1. The molecule has 0 aliphatic heterocycles. The van der Waals surface area contributed by atoms with Gasteiger partial charge in [0.1, 0.15) is 10.6 Å². The van der Waals surface area contributed by atoms with Crippen molar-refractivity contribution in [1.29, 1.82) is 0 Å². The second-order valence-corrected chi connectivity index (χ2v) is 7.11. The summed E-state index contributed by atoms with van der Waals surface area (Å²) in [5.41, 5.74) is 2.49. The van der Waals surface area contributed by atoms with Crippen molar-refractivity contribution >= 4 is 34.2 Å². The number of carboxylic acid groups (broad SMARTS) is 1. The summed E-state index contributed by atoms with van der Waals surface area (Å²) in [6.07, 6.45) is 0. The molecule has 0 saturated heterocycles. The molecule has 0 aliphatic rings. The molecule has 1 amide bonds. The van der Waals surface area contributed by atoms with Crippen molar-refractivity contribution in [2.24, 2.45) is 0 Å². The Morgan fingerprint density at radius 2 is 1.69 bits per heavy atom. The molecule has 0 atom stereocenters. The van der Waals surface area contributed by atoms with E-state index < -0.39 is 17.8 Å². The maximum atomic E-state index is 12.7. The van der Waals surface area contributed by atoms with E-state index in [0.29, 0.717) is 5.56 Å². The van der Waals surface area contributed by atoms with E-state index in [1.807, 2.05) is 31.2 Å². The molecule has 3 rings (SSSR count). The molecule has 7 heteroatoms. The van der Waals surface area contributed by atoms with Crippen LogP contribution < -0.4 is 10.4 Å². The van der Waals surface area contributed by atoms with Gasteiger partial charge in [-0.15, -0.1) is 11.3 Å². The number of esters is 1. The van der Waals surface area contributed by atoms with Crippen LogP contribution >= 0.6 is 11.3 Å². The van der Waals surface area contributed by atoms with Crippen LogP contribution in [-0.2, 0) is 4.74 Å². The Bertz CT molecular complexity index is 1070. The SMILES string of the molecule is CCOC(=O)c1c(-c2ccc(C)cc2)csc1NC(=O)c1ccccc1C(=O)[O-]. The highest BCUT2D eigenvalue weighted by Gasteiger charge is 2.23. The van der Waals surface area contributed by atoms with Crippen LogP contribution in [-0.4, -0.2) is 24.5 Å². The number of hydrogen-bond donors (Lipinski definition) is 1. The quantitative estimate of drug-likeness (QED) is 0.630. The molecule has 2 aromatic carbocycles. The van der Waals surface area contributed by atoms with Crippen LogP contribution in [0.4, 0.5) is 5.00 Å². The van der Waals surface area contributed by atoms with E-state index >= 15 is 0 Å². The number of amides is 1. The highest BCUT2D eigenvalue weighted by Crippen LogP contribution is 2.36. The van der Waals surface area contributed by atoms with Gasteiger partial charge in [-0.25, -0.2) is 4.79 Å². The molecule has 1 heterocycles. The fourth-order valence-corrected chi connectivity index (χ4v) is 3.78. The molecule has 0 radical (unpaired) electrons. The maximum absolute atomic E-state index is 12.7. The number of thiophene rings is 1. The summed E-state index contributed by atoms with van der Waals surface area (Å²) in [6, 6.07) is 13.4. The normalized spacial score (nSPS) is 10.4. The minimum absolute atomic E-state index is 0.0485. The Kier molecular flexibility index (Phi) is 6.09. The monoisotopic (exact) mass is 408 g/mol. The van der Waals surface area contributed by atoms with E-state index in [1.54, 1.807) is 18.4 Å². The molecule has 1 N–H and O–H groups in total. The van der Waals surface area contributed by atoms with Crippen LogP contribution in [0.5, 0.6) is 0 Å². The van der Waals surface area contributed by atoms with E-state index in [4.69, 9.17) is 4.74 Å². The van der Waals surface area contributed by atoms with E-state index in [2.05, 4.69) is 5.32 Å². The minimum Gasteiger partial charge on any atom is -0.545 e. The lowest BCUT2D eigenvalue weighted by Crippen LogP contribution is -2.26. The fourth-order valence-electron chi connectivity index (χ4n) is 2.83.